The molecule has 1 amide bonds. The number of carbonyl (C=O) groups excluding carboxylic acids is 1. The van der Waals surface area contributed by atoms with E-state index in [1.165, 1.54) is 0 Å². The van der Waals surface area contributed by atoms with Gasteiger partial charge < -0.3 is 15.2 Å². The Balaban J connectivity index is 1.71. The Bertz CT molecular complexity index is 1190. The number of methoxy groups -OCH3 is 1. The molecule has 4 aromatic carbocycles. The van der Waals surface area contributed by atoms with Gasteiger partial charge in [-0.3, -0.25) is 5.32 Å². The molecule has 0 heterocycles. The van der Waals surface area contributed by atoms with Gasteiger partial charge in [0.15, 0.2) is 0 Å². The van der Waals surface area contributed by atoms with Crippen LogP contribution in [-0.2, 0) is 11.3 Å². The molecule has 0 saturated carbocycles. The van der Waals surface area contributed by atoms with E-state index in [9.17, 15) is 4.79 Å². The summed E-state index contributed by atoms with van der Waals surface area (Å²) in [5.41, 5.74) is 10.0. The van der Waals surface area contributed by atoms with Gasteiger partial charge in [-0.1, -0.05) is 60.7 Å². The quantitative estimate of drug-likeness (QED) is 0.414. The van der Waals surface area contributed by atoms with Gasteiger partial charge in [-0.05, 0) is 40.6 Å². The van der Waals surface area contributed by atoms with Crippen molar-refractivity contribution in [1.82, 2.24) is 0 Å². The van der Waals surface area contributed by atoms with Gasteiger partial charge in [-0.15, -0.1) is 0 Å². The Kier molecular flexibility index (Phi) is 5.52. The lowest BCUT2D eigenvalue weighted by molar-refractivity contribution is 0.155. The fraction of sp³-hybridized carbons (Fsp3) is 0.0800. The van der Waals surface area contributed by atoms with Crippen LogP contribution in [0.25, 0.3) is 21.9 Å². The molecule has 0 bridgehead atoms. The van der Waals surface area contributed by atoms with E-state index in [0.29, 0.717) is 17.1 Å². The van der Waals surface area contributed by atoms with Gasteiger partial charge in [-0.2, -0.15) is 0 Å². The second-order valence-corrected chi connectivity index (χ2v) is 6.85. The van der Waals surface area contributed by atoms with Crippen molar-refractivity contribution in [1.29, 1.82) is 0 Å². The van der Waals surface area contributed by atoms with Crippen LogP contribution in [-0.4, -0.2) is 13.2 Å². The van der Waals surface area contributed by atoms with Gasteiger partial charge >= 0.3 is 6.09 Å². The molecule has 0 spiro atoms. The van der Waals surface area contributed by atoms with Crippen LogP contribution >= 0.6 is 0 Å². The minimum absolute atomic E-state index is 0.191. The number of carbonyl (C=O) groups is 1. The highest BCUT2D eigenvalue weighted by atomic mass is 16.5. The lowest BCUT2D eigenvalue weighted by Crippen LogP contribution is -2.14. The Morgan fingerprint density at radius 3 is 2.50 bits per heavy atom. The summed E-state index contributed by atoms with van der Waals surface area (Å²) in [7, 11) is 1.61. The predicted octanol–water partition coefficient (Wildman–Crippen LogP) is 5.85. The van der Waals surface area contributed by atoms with Crippen molar-refractivity contribution in [3.63, 3.8) is 0 Å². The molecule has 0 aromatic heterocycles. The number of rotatable bonds is 5. The third kappa shape index (κ3) is 4.05. The van der Waals surface area contributed by atoms with Gasteiger partial charge in [0, 0.05) is 16.8 Å². The highest BCUT2D eigenvalue weighted by Gasteiger charge is 2.16. The summed E-state index contributed by atoms with van der Waals surface area (Å²) < 4.78 is 10.8. The van der Waals surface area contributed by atoms with Crippen molar-refractivity contribution >= 4 is 28.2 Å². The molecule has 0 unspecified atom stereocenters. The molecule has 0 radical (unpaired) electrons. The highest BCUT2D eigenvalue weighted by Crippen LogP contribution is 2.40. The first kappa shape index (κ1) is 19.3. The van der Waals surface area contributed by atoms with Gasteiger partial charge in [0.25, 0.3) is 0 Å². The third-order valence-corrected chi connectivity index (χ3v) is 4.91. The largest absolute Gasteiger partial charge is 0.497 e. The van der Waals surface area contributed by atoms with Crippen LogP contribution in [0, 0.1) is 0 Å². The Labute approximate surface area is 175 Å². The molecular weight excluding hydrogens is 376 g/mol. The number of nitrogens with two attached hydrogens (primary N) is 1. The van der Waals surface area contributed by atoms with Gasteiger partial charge in [0.2, 0.25) is 0 Å². The monoisotopic (exact) mass is 398 g/mol. The van der Waals surface area contributed by atoms with Crippen LogP contribution in [0.5, 0.6) is 5.75 Å². The lowest BCUT2D eigenvalue weighted by Gasteiger charge is -2.17. The maximum Gasteiger partial charge on any atom is 0.411 e. The van der Waals surface area contributed by atoms with Gasteiger partial charge in [0.1, 0.15) is 12.4 Å². The number of benzene rings is 4. The highest BCUT2D eigenvalue weighted by molar-refractivity contribution is 6.07. The maximum absolute atomic E-state index is 12.5. The molecule has 0 fully saturated rings. The molecule has 5 heteroatoms. The molecule has 0 saturated heterocycles. The molecule has 30 heavy (non-hydrogen) atoms. The van der Waals surface area contributed by atoms with Crippen LogP contribution in [0.15, 0.2) is 84.9 Å². The molecule has 0 aliphatic rings. The summed E-state index contributed by atoms with van der Waals surface area (Å²) in [6, 6.07) is 26.8. The topological polar surface area (TPSA) is 73.6 Å². The van der Waals surface area contributed by atoms with E-state index in [2.05, 4.69) is 5.32 Å². The van der Waals surface area contributed by atoms with Crippen molar-refractivity contribution in [2.75, 3.05) is 18.2 Å². The number of hydrogen-bond acceptors (Lipinski definition) is 4. The molecule has 4 rings (SSSR count). The molecular formula is C25H22N2O3. The number of fused-ring (bicyclic) bond motifs is 1. The Hall–Kier alpha value is -3.99. The van der Waals surface area contributed by atoms with Crippen LogP contribution in [0.2, 0.25) is 0 Å². The summed E-state index contributed by atoms with van der Waals surface area (Å²) in [5, 5.41) is 4.89. The Morgan fingerprint density at radius 1 is 0.933 bits per heavy atom. The molecule has 0 atom stereocenters. The fourth-order valence-corrected chi connectivity index (χ4v) is 3.41. The Morgan fingerprint density at radius 2 is 1.70 bits per heavy atom. The SMILES string of the molecule is COc1ccc(N)c(-c2c(NC(=O)OCc3ccccc3)ccc3ccccc23)c1. The number of ether oxygens (including phenoxy) is 2. The number of nitrogens with one attached hydrogen (secondary N) is 1. The lowest BCUT2D eigenvalue weighted by atomic mass is 9.95. The van der Waals surface area contributed by atoms with Crippen LogP contribution in [0.1, 0.15) is 5.56 Å². The minimum atomic E-state index is -0.531. The second-order valence-electron chi connectivity index (χ2n) is 6.85. The van der Waals surface area contributed by atoms with E-state index in [1.54, 1.807) is 13.2 Å². The van der Waals surface area contributed by atoms with Crippen molar-refractivity contribution in [2.24, 2.45) is 0 Å². The zero-order chi connectivity index (χ0) is 20.9. The number of anilines is 2. The molecule has 3 N–H and O–H groups in total. The van der Waals surface area contributed by atoms with Crippen LogP contribution in [0.4, 0.5) is 16.2 Å². The van der Waals surface area contributed by atoms with E-state index >= 15 is 0 Å². The van der Waals surface area contributed by atoms with Gasteiger partial charge in [0.05, 0.1) is 12.8 Å². The first-order chi connectivity index (χ1) is 14.7. The number of hydrogen-bond donors (Lipinski definition) is 2. The summed E-state index contributed by atoms with van der Waals surface area (Å²) in [6.07, 6.45) is -0.531. The summed E-state index contributed by atoms with van der Waals surface area (Å²) in [4.78, 5) is 12.5. The van der Waals surface area contributed by atoms with E-state index in [4.69, 9.17) is 15.2 Å². The van der Waals surface area contributed by atoms with E-state index in [0.717, 1.165) is 27.5 Å². The van der Waals surface area contributed by atoms with Gasteiger partial charge in [-0.25, -0.2) is 4.79 Å². The number of nitrogen functional groups attached to an aromatic ring is 1. The minimum Gasteiger partial charge on any atom is -0.497 e. The molecule has 4 aromatic rings. The van der Waals surface area contributed by atoms with Crippen molar-refractivity contribution in [3.8, 4) is 16.9 Å². The average molecular weight is 398 g/mol. The summed E-state index contributed by atoms with van der Waals surface area (Å²) in [6.45, 7) is 0.191. The fourth-order valence-electron chi connectivity index (χ4n) is 3.41. The van der Waals surface area contributed by atoms with Crippen molar-refractivity contribution in [2.45, 2.75) is 6.61 Å². The molecule has 0 aliphatic heterocycles. The molecule has 0 aliphatic carbocycles. The average Bonchev–Trinajstić information content (AvgIpc) is 2.79. The standard InChI is InChI=1S/C25H22N2O3/c1-29-19-12-13-22(26)21(15-19)24-20-10-6-5-9-18(20)11-14-23(24)27-25(28)30-16-17-7-3-2-4-8-17/h2-15H,16,26H2,1H3,(H,27,28). The smallest absolute Gasteiger partial charge is 0.411 e. The van der Waals surface area contributed by atoms with E-state index in [-0.39, 0.29) is 6.61 Å². The third-order valence-electron chi connectivity index (χ3n) is 4.91. The summed E-state index contributed by atoms with van der Waals surface area (Å²) >= 11 is 0. The summed E-state index contributed by atoms with van der Waals surface area (Å²) in [5.74, 6) is 0.685. The van der Waals surface area contributed by atoms with Crippen LogP contribution in [0.3, 0.4) is 0 Å². The first-order valence-electron chi connectivity index (χ1n) is 9.59. The van der Waals surface area contributed by atoms with E-state index < -0.39 is 6.09 Å². The zero-order valence-corrected chi connectivity index (χ0v) is 16.6. The molecule has 150 valence electrons. The first-order valence-corrected chi connectivity index (χ1v) is 9.59. The van der Waals surface area contributed by atoms with Crippen molar-refractivity contribution < 1.29 is 14.3 Å². The van der Waals surface area contributed by atoms with Crippen LogP contribution < -0.4 is 15.8 Å². The van der Waals surface area contributed by atoms with Crippen molar-refractivity contribution in [3.05, 3.63) is 90.5 Å². The second kappa shape index (κ2) is 8.57. The normalized spacial score (nSPS) is 10.6. The maximum atomic E-state index is 12.5. The zero-order valence-electron chi connectivity index (χ0n) is 16.6. The number of amides is 1. The predicted molar refractivity (Wildman–Crippen MR) is 121 cm³/mol. The van der Waals surface area contributed by atoms with E-state index in [1.807, 2.05) is 78.9 Å². The molecule has 5 nitrogen and oxygen atoms in total.